The fraction of sp³-hybridized carbons (Fsp3) is 0.367. The first kappa shape index (κ1) is 46.4. The van der Waals surface area contributed by atoms with E-state index in [0.717, 1.165) is 117 Å². The Labute approximate surface area is 393 Å². The molecule has 2 aliphatic rings. The molecule has 0 N–H and O–H groups in total. The van der Waals surface area contributed by atoms with Gasteiger partial charge >= 0.3 is 0 Å². The Morgan fingerprint density at radius 1 is 0.485 bits per heavy atom. The van der Waals surface area contributed by atoms with E-state index >= 15 is 0 Å². The topological polar surface area (TPSA) is 55.4 Å². The van der Waals surface area contributed by atoms with Crippen LogP contribution in [-0.4, -0.2) is 25.4 Å². The van der Waals surface area contributed by atoms with Gasteiger partial charge in [-0.1, -0.05) is 139 Å². The molecular weight excluding hydrogens is 817 g/mol. The molecule has 0 saturated carbocycles. The molecule has 6 aromatic carbocycles. The fourth-order valence-corrected chi connectivity index (χ4v) is 9.10. The zero-order valence-corrected chi connectivity index (χ0v) is 39.9. The van der Waals surface area contributed by atoms with Gasteiger partial charge in [-0.25, -0.2) is 0 Å². The zero-order chi connectivity index (χ0) is 45.9. The summed E-state index contributed by atoms with van der Waals surface area (Å²) in [4.78, 5) is 0. The van der Waals surface area contributed by atoms with Gasteiger partial charge in [0.15, 0.2) is 11.2 Å². The van der Waals surface area contributed by atoms with Gasteiger partial charge in [0.1, 0.15) is 34.5 Å². The highest BCUT2D eigenvalue weighted by molar-refractivity contribution is 6.02. The van der Waals surface area contributed by atoms with Crippen LogP contribution < -0.4 is 28.4 Å². The lowest BCUT2D eigenvalue weighted by Gasteiger charge is -2.39. The summed E-state index contributed by atoms with van der Waals surface area (Å²) in [5.41, 5.74) is 3.92. The molecule has 66 heavy (non-hydrogen) atoms. The Kier molecular flexibility index (Phi) is 15.1. The van der Waals surface area contributed by atoms with E-state index in [1.807, 2.05) is 24.3 Å². The molecule has 4 unspecified atom stereocenters. The van der Waals surface area contributed by atoms with Gasteiger partial charge in [0.05, 0.1) is 25.4 Å². The number of rotatable bonds is 22. The molecule has 8 rings (SSSR count). The molecule has 6 aromatic rings. The van der Waals surface area contributed by atoms with Gasteiger partial charge in [-0.2, -0.15) is 0 Å². The van der Waals surface area contributed by atoms with Crippen LogP contribution in [0.4, 0.5) is 0 Å². The third-order valence-corrected chi connectivity index (χ3v) is 13.1. The summed E-state index contributed by atoms with van der Waals surface area (Å²) in [6.07, 6.45) is 19.8. The Hall–Kier alpha value is -6.14. The summed E-state index contributed by atoms with van der Waals surface area (Å²) >= 11 is 0. The van der Waals surface area contributed by atoms with Crippen molar-refractivity contribution in [1.82, 2.24) is 0 Å². The molecule has 0 bridgehead atoms. The number of benzene rings is 6. The average molecular weight is 885 g/mol. The lowest BCUT2D eigenvalue weighted by atomic mass is 9.81. The molecule has 0 saturated heterocycles. The second-order valence-electron chi connectivity index (χ2n) is 17.9. The second-order valence-corrected chi connectivity index (χ2v) is 17.9. The first-order valence-corrected chi connectivity index (χ1v) is 24.7. The Bertz CT molecular complexity index is 2420. The van der Waals surface area contributed by atoms with Crippen LogP contribution in [0.5, 0.6) is 34.5 Å². The van der Waals surface area contributed by atoms with Crippen molar-refractivity contribution in [1.29, 1.82) is 0 Å². The molecule has 0 aromatic heterocycles. The van der Waals surface area contributed by atoms with Crippen molar-refractivity contribution in [2.75, 3.05) is 13.2 Å². The zero-order valence-electron chi connectivity index (χ0n) is 39.9. The summed E-state index contributed by atoms with van der Waals surface area (Å²) in [7, 11) is 0. The van der Waals surface area contributed by atoms with E-state index in [4.69, 9.17) is 28.4 Å². The predicted octanol–water partition coefficient (Wildman–Crippen LogP) is 15.8. The van der Waals surface area contributed by atoms with Crippen LogP contribution in [0.2, 0.25) is 0 Å². The molecule has 0 fully saturated rings. The van der Waals surface area contributed by atoms with Crippen LogP contribution in [0, 0.1) is 0 Å². The van der Waals surface area contributed by atoms with Crippen LogP contribution in [0.3, 0.4) is 0 Å². The van der Waals surface area contributed by atoms with E-state index < -0.39 is 11.2 Å². The predicted molar refractivity (Wildman–Crippen MR) is 271 cm³/mol. The van der Waals surface area contributed by atoms with Crippen LogP contribution >= 0.6 is 0 Å². The van der Waals surface area contributed by atoms with Gasteiger partial charge in [-0.05, 0) is 106 Å². The molecule has 344 valence electrons. The van der Waals surface area contributed by atoms with Gasteiger partial charge in [0.2, 0.25) is 0 Å². The first-order chi connectivity index (χ1) is 32.3. The highest BCUT2D eigenvalue weighted by Gasteiger charge is 2.42. The monoisotopic (exact) mass is 885 g/mol. The maximum atomic E-state index is 7.42. The van der Waals surface area contributed by atoms with Crippen molar-refractivity contribution in [3.8, 4) is 34.5 Å². The van der Waals surface area contributed by atoms with E-state index in [0.29, 0.717) is 13.2 Å². The van der Waals surface area contributed by atoms with Gasteiger partial charge in [0, 0.05) is 50.9 Å². The number of hydrogen-bond acceptors (Lipinski definition) is 6. The average Bonchev–Trinajstić information content (AvgIpc) is 3.36. The first-order valence-electron chi connectivity index (χ1n) is 24.7. The molecule has 6 nitrogen and oxygen atoms in total. The van der Waals surface area contributed by atoms with Crippen molar-refractivity contribution in [2.45, 2.75) is 129 Å². The second kappa shape index (κ2) is 21.4. The van der Waals surface area contributed by atoms with E-state index in [9.17, 15) is 0 Å². The summed E-state index contributed by atoms with van der Waals surface area (Å²) in [6.45, 7) is 14.2. The molecular formula is C60H68O6. The van der Waals surface area contributed by atoms with Crippen molar-refractivity contribution in [3.63, 3.8) is 0 Å². The summed E-state index contributed by atoms with van der Waals surface area (Å²) < 4.78 is 40.9. The Morgan fingerprint density at radius 2 is 0.924 bits per heavy atom. The summed E-state index contributed by atoms with van der Waals surface area (Å²) in [5, 5.41) is 2.16. The maximum absolute atomic E-state index is 7.42. The molecule has 4 atom stereocenters. The standard InChI is InChI=1S/C60H68O6/c1-7-11-13-21-39-61-56-41-48(63-43(5)9-3)29-31-52(56)59(46-23-17-15-18-24-46)37-35-50-54(65-59)33-27-45-28-34-55-51(58(45)50)36-38-60(66-55,47-25-19-16-20-26-47)53-32-30-49(64-44(6)10-4)42-57(53)62-40-22-14-12-8-2/h15-20,23-38,41-44H,7-14,21-22,39-40H2,1-6H3. The lowest BCUT2D eigenvalue weighted by molar-refractivity contribution is 0.153. The number of unbranched alkanes of at least 4 members (excludes halogenated alkanes) is 6. The van der Waals surface area contributed by atoms with Crippen molar-refractivity contribution >= 4 is 22.9 Å². The van der Waals surface area contributed by atoms with Crippen LogP contribution in [0.1, 0.15) is 139 Å². The molecule has 0 aliphatic carbocycles. The van der Waals surface area contributed by atoms with Crippen molar-refractivity contribution < 1.29 is 28.4 Å². The quantitative estimate of drug-likeness (QED) is 0.0633. The fourth-order valence-electron chi connectivity index (χ4n) is 9.10. The van der Waals surface area contributed by atoms with Gasteiger partial charge < -0.3 is 28.4 Å². The van der Waals surface area contributed by atoms with E-state index in [1.165, 1.54) is 25.7 Å². The van der Waals surface area contributed by atoms with E-state index in [1.54, 1.807) is 0 Å². The minimum atomic E-state index is -0.975. The minimum absolute atomic E-state index is 0.0782. The van der Waals surface area contributed by atoms with Crippen molar-refractivity contribution in [3.05, 3.63) is 167 Å². The molecule has 0 spiro atoms. The van der Waals surface area contributed by atoms with Crippen LogP contribution in [0.15, 0.2) is 133 Å². The molecule has 0 radical (unpaired) electrons. The number of fused-ring (bicyclic) bond motifs is 5. The third-order valence-electron chi connectivity index (χ3n) is 13.1. The van der Waals surface area contributed by atoms with E-state index in [-0.39, 0.29) is 12.2 Å². The smallest absolute Gasteiger partial charge is 0.181 e. The summed E-state index contributed by atoms with van der Waals surface area (Å²) in [6, 6.07) is 41.9. The van der Waals surface area contributed by atoms with Gasteiger partial charge in [0.25, 0.3) is 0 Å². The Morgan fingerprint density at radius 3 is 1.33 bits per heavy atom. The number of ether oxygens (including phenoxy) is 6. The highest BCUT2D eigenvalue weighted by atomic mass is 16.5. The van der Waals surface area contributed by atoms with E-state index in [2.05, 4.69) is 163 Å². The maximum Gasteiger partial charge on any atom is 0.181 e. The van der Waals surface area contributed by atoms with Gasteiger partial charge in [-0.15, -0.1) is 0 Å². The van der Waals surface area contributed by atoms with Gasteiger partial charge in [-0.3, -0.25) is 0 Å². The minimum Gasteiger partial charge on any atom is -0.493 e. The lowest BCUT2D eigenvalue weighted by Crippen LogP contribution is -2.35. The Balaban J connectivity index is 1.23. The number of hydrogen-bond donors (Lipinski definition) is 0. The molecule has 6 heteroatoms. The summed E-state index contributed by atoms with van der Waals surface area (Å²) in [5.74, 6) is 4.66. The molecule has 0 amide bonds. The van der Waals surface area contributed by atoms with Crippen LogP contribution in [0.25, 0.3) is 22.9 Å². The highest BCUT2D eigenvalue weighted by Crippen LogP contribution is 2.52. The third kappa shape index (κ3) is 9.84. The SMILES string of the molecule is CCCCCCOc1cc(OC(C)CC)ccc1C1(c2ccccc2)C=Cc2c(ccc3ccc4c(c23)C=CC(c2ccccc2)(c2ccc(OC(C)CC)cc2OCCCCCC)O4)O1. The largest absolute Gasteiger partial charge is 0.493 e. The normalized spacial score (nSPS) is 18.1. The van der Waals surface area contributed by atoms with Crippen molar-refractivity contribution in [2.24, 2.45) is 0 Å². The molecule has 2 aliphatic heterocycles. The van der Waals surface area contributed by atoms with Crippen LogP contribution in [-0.2, 0) is 11.2 Å². The molecule has 2 heterocycles.